The van der Waals surface area contributed by atoms with Gasteiger partial charge in [0.25, 0.3) is 0 Å². The molecule has 2 atom stereocenters. The fraction of sp³-hybridized carbons (Fsp3) is 0.889. The van der Waals surface area contributed by atoms with Crippen LogP contribution in [0.3, 0.4) is 0 Å². The normalized spacial score (nSPS) is 27.0. The molecule has 88 valence electrons. The largest absolute Gasteiger partial charge is 0.394 e. The van der Waals surface area contributed by atoms with Crippen LogP contribution < -0.4 is 0 Å². The van der Waals surface area contributed by atoms with Gasteiger partial charge in [0.15, 0.2) is 9.84 Å². The quantitative estimate of drug-likeness (QED) is 0.699. The van der Waals surface area contributed by atoms with Crippen LogP contribution in [0.2, 0.25) is 0 Å². The van der Waals surface area contributed by atoms with Gasteiger partial charge >= 0.3 is 0 Å². The van der Waals surface area contributed by atoms with E-state index in [9.17, 15) is 13.2 Å². The number of likely N-dealkylation sites (tertiary alicyclic amines) is 1. The van der Waals surface area contributed by atoms with E-state index in [4.69, 9.17) is 5.11 Å². The standard InChI is InChI=1S/C9H17NO4S/c1-7-3-4-10(8(7)5-11)9(12)6-15(2,13)14/h7-8,11H,3-6H2,1-2H3. The molecule has 1 rings (SSSR count). The van der Waals surface area contributed by atoms with Gasteiger partial charge in [-0.15, -0.1) is 0 Å². The molecule has 1 N–H and O–H groups in total. The smallest absolute Gasteiger partial charge is 0.238 e. The fourth-order valence-corrected chi connectivity index (χ4v) is 2.52. The minimum atomic E-state index is -3.28. The second-order valence-electron chi connectivity index (χ2n) is 4.17. The number of hydrogen-bond acceptors (Lipinski definition) is 4. The molecule has 0 bridgehead atoms. The Morgan fingerprint density at radius 2 is 2.13 bits per heavy atom. The predicted molar refractivity (Wildman–Crippen MR) is 56.1 cm³/mol. The Morgan fingerprint density at radius 1 is 1.53 bits per heavy atom. The van der Waals surface area contributed by atoms with E-state index in [0.717, 1.165) is 12.7 Å². The van der Waals surface area contributed by atoms with E-state index in [-0.39, 0.29) is 18.6 Å². The van der Waals surface area contributed by atoms with Gasteiger partial charge in [0.2, 0.25) is 5.91 Å². The molecule has 5 nitrogen and oxygen atoms in total. The summed E-state index contributed by atoms with van der Waals surface area (Å²) in [6, 6.07) is -0.223. The van der Waals surface area contributed by atoms with Crippen molar-refractivity contribution in [2.24, 2.45) is 5.92 Å². The lowest BCUT2D eigenvalue weighted by atomic mass is 10.0. The number of carbonyl (C=O) groups is 1. The van der Waals surface area contributed by atoms with Gasteiger partial charge in [-0.05, 0) is 12.3 Å². The summed E-state index contributed by atoms with van der Waals surface area (Å²) in [5.74, 6) is -0.629. The molecule has 1 heterocycles. The molecule has 6 heteroatoms. The highest BCUT2D eigenvalue weighted by atomic mass is 32.2. The second-order valence-corrected chi connectivity index (χ2v) is 6.31. The molecule has 0 radical (unpaired) electrons. The summed E-state index contributed by atoms with van der Waals surface area (Å²) in [6.07, 6.45) is 1.86. The van der Waals surface area contributed by atoms with E-state index >= 15 is 0 Å². The minimum absolute atomic E-state index is 0.101. The molecular formula is C9H17NO4S. The van der Waals surface area contributed by atoms with Gasteiger partial charge in [-0.25, -0.2) is 8.42 Å². The van der Waals surface area contributed by atoms with Gasteiger partial charge in [-0.3, -0.25) is 4.79 Å². The Labute approximate surface area is 90.0 Å². The number of rotatable bonds is 3. The van der Waals surface area contributed by atoms with Crippen molar-refractivity contribution < 1.29 is 18.3 Å². The van der Waals surface area contributed by atoms with Crippen LogP contribution in [0.4, 0.5) is 0 Å². The van der Waals surface area contributed by atoms with Crippen molar-refractivity contribution in [2.45, 2.75) is 19.4 Å². The SMILES string of the molecule is CC1CCN(C(=O)CS(C)(=O)=O)C1CO. The molecule has 0 aromatic carbocycles. The number of nitrogens with zero attached hydrogens (tertiary/aromatic N) is 1. The summed E-state index contributed by atoms with van der Waals surface area (Å²) >= 11 is 0. The zero-order valence-corrected chi connectivity index (χ0v) is 9.83. The van der Waals surface area contributed by atoms with Crippen LogP contribution in [0.15, 0.2) is 0 Å². The van der Waals surface area contributed by atoms with Crippen LogP contribution in [0.5, 0.6) is 0 Å². The highest BCUT2D eigenvalue weighted by Crippen LogP contribution is 2.23. The molecule has 1 fully saturated rings. The van der Waals surface area contributed by atoms with Crippen molar-refractivity contribution in [2.75, 3.05) is 25.2 Å². The van der Waals surface area contributed by atoms with Gasteiger partial charge in [-0.1, -0.05) is 6.92 Å². The zero-order valence-electron chi connectivity index (χ0n) is 9.01. The van der Waals surface area contributed by atoms with E-state index in [2.05, 4.69) is 0 Å². The maximum absolute atomic E-state index is 11.6. The number of amides is 1. The average molecular weight is 235 g/mol. The van der Waals surface area contributed by atoms with Gasteiger partial charge in [0.1, 0.15) is 5.75 Å². The Kier molecular flexibility index (Phi) is 3.72. The number of aliphatic hydroxyl groups is 1. The molecule has 15 heavy (non-hydrogen) atoms. The Balaban J connectivity index is 2.68. The molecule has 0 saturated carbocycles. The van der Waals surface area contributed by atoms with Crippen molar-refractivity contribution in [3.63, 3.8) is 0 Å². The second kappa shape index (κ2) is 4.49. The number of sulfone groups is 1. The summed E-state index contributed by atoms with van der Waals surface area (Å²) in [5.41, 5.74) is 0. The highest BCUT2D eigenvalue weighted by molar-refractivity contribution is 7.91. The van der Waals surface area contributed by atoms with E-state index in [1.165, 1.54) is 4.90 Å². The Bertz CT molecular complexity index is 338. The number of hydrogen-bond donors (Lipinski definition) is 1. The van der Waals surface area contributed by atoms with Crippen LogP contribution >= 0.6 is 0 Å². The molecule has 1 saturated heterocycles. The van der Waals surface area contributed by atoms with E-state index in [0.29, 0.717) is 6.54 Å². The summed E-state index contributed by atoms with van der Waals surface area (Å²) in [5, 5.41) is 9.11. The summed E-state index contributed by atoms with van der Waals surface area (Å²) in [7, 11) is -3.28. The maximum Gasteiger partial charge on any atom is 0.238 e. The lowest BCUT2D eigenvalue weighted by Gasteiger charge is -2.24. The summed E-state index contributed by atoms with van der Waals surface area (Å²) < 4.78 is 21.9. The predicted octanol–water partition coefficient (Wildman–Crippen LogP) is -0.740. The number of carbonyl (C=O) groups excluding carboxylic acids is 1. The van der Waals surface area contributed by atoms with Crippen molar-refractivity contribution in [1.29, 1.82) is 0 Å². The van der Waals surface area contributed by atoms with Gasteiger partial charge in [0, 0.05) is 12.8 Å². The van der Waals surface area contributed by atoms with Crippen LogP contribution in [0, 0.1) is 5.92 Å². The first-order chi connectivity index (χ1) is 6.85. The minimum Gasteiger partial charge on any atom is -0.394 e. The molecule has 1 amide bonds. The van der Waals surface area contributed by atoms with E-state index in [1.807, 2.05) is 6.92 Å². The molecule has 0 aromatic heterocycles. The fourth-order valence-electron chi connectivity index (χ4n) is 1.90. The lowest BCUT2D eigenvalue weighted by Crippen LogP contribution is -2.42. The van der Waals surface area contributed by atoms with Crippen molar-refractivity contribution in [3.8, 4) is 0 Å². The topological polar surface area (TPSA) is 74.7 Å². The van der Waals surface area contributed by atoms with Gasteiger partial charge in [-0.2, -0.15) is 0 Å². The summed E-state index contributed by atoms with van der Waals surface area (Å²) in [6.45, 7) is 2.39. The third-order valence-corrected chi connectivity index (χ3v) is 3.55. The van der Waals surface area contributed by atoms with Crippen LogP contribution in [0.25, 0.3) is 0 Å². The molecule has 1 aliphatic heterocycles. The van der Waals surface area contributed by atoms with Crippen LogP contribution in [-0.4, -0.2) is 55.5 Å². The van der Waals surface area contributed by atoms with Crippen molar-refractivity contribution >= 4 is 15.7 Å². The molecule has 2 unspecified atom stereocenters. The maximum atomic E-state index is 11.6. The molecule has 0 aliphatic carbocycles. The van der Waals surface area contributed by atoms with Crippen LogP contribution in [-0.2, 0) is 14.6 Å². The van der Waals surface area contributed by atoms with Gasteiger partial charge < -0.3 is 10.0 Å². The molecule has 1 aliphatic rings. The first kappa shape index (κ1) is 12.4. The monoisotopic (exact) mass is 235 g/mol. The van der Waals surface area contributed by atoms with Crippen molar-refractivity contribution in [3.05, 3.63) is 0 Å². The van der Waals surface area contributed by atoms with E-state index in [1.54, 1.807) is 0 Å². The molecule has 0 aromatic rings. The molecule has 0 spiro atoms. The first-order valence-corrected chi connectivity index (χ1v) is 6.99. The average Bonchev–Trinajstić information content (AvgIpc) is 2.43. The first-order valence-electron chi connectivity index (χ1n) is 4.93. The van der Waals surface area contributed by atoms with Gasteiger partial charge in [0.05, 0.1) is 12.6 Å². The van der Waals surface area contributed by atoms with Crippen molar-refractivity contribution in [1.82, 2.24) is 4.90 Å². The zero-order chi connectivity index (χ0) is 11.6. The third-order valence-electron chi connectivity index (χ3n) is 2.78. The van der Waals surface area contributed by atoms with E-state index < -0.39 is 21.5 Å². The van der Waals surface area contributed by atoms with Crippen LogP contribution in [0.1, 0.15) is 13.3 Å². The lowest BCUT2D eigenvalue weighted by molar-refractivity contribution is -0.130. The highest BCUT2D eigenvalue weighted by Gasteiger charge is 2.34. The number of aliphatic hydroxyl groups excluding tert-OH is 1. The Hall–Kier alpha value is -0.620. The molecular weight excluding hydrogens is 218 g/mol. The Morgan fingerprint density at radius 3 is 2.60 bits per heavy atom. The third kappa shape index (κ3) is 3.17. The summed E-state index contributed by atoms with van der Waals surface area (Å²) in [4.78, 5) is 13.1.